The minimum Gasteiger partial charge on any atom is -0.494 e. The Morgan fingerprint density at radius 2 is 1.71 bits per heavy atom. The number of primary amides is 1. The first-order valence-corrected chi connectivity index (χ1v) is 13.2. The number of hydrogen-bond acceptors (Lipinski definition) is 4. The lowest BCUT2D eigenvalue weighted by atomic mass is 9.84. The van der Waals surface area contributed by atoms with Gasteiger partial charge in [-0.2, -0.15) is 0 Å². The number of fused-ring (bicyclic) bond motifs is 1. The molecule has 3 aromatic rings. The highest BCUT2D eigenvalue weighted by Crippen LogP contribution is 2.41. The van der Waals surface area contributed by atoms with Crippen LogP contribution in [0.1, 0.15) is 54.9 Å². The number of likely N-dealkylation sites (N-methyl/N-ethyl adjacent to an activating group) is 1. The molecule has 0 unspecified atom stereocenters. The zero-order valence-electron chi connectivity index (χ0n) is 21.6. The van der Waals surface area contributed by atoms with Gasteiger partial charge in [0.15, 0.2) is 0 Å². The van der Waals surface area contributed by atoms with Gasteiger partial charge in [-0.1, -0.05) is 29.8 Å². The SMILES string of the molecule is CCN(C(=O)[C@@H]1C[C@H](C)N(C(=O)c2ccc(OCCCC(N)=O)cc2)c2ccccc21)c1ccc(Cl)cc1. The average Bonchev–Trinajstić information content (AvgIpc) is 2.92. The van der Waals surface area contributed by atoms with E-state index in [0.29, 0.717) is 42.3 Å². The maximum atomic E-state index is 13.8. The van der Waals surface area contributed by atoms with E-state index in [1.807, 2.05) is 50.2 Å². The fourth-order valence-corrected chi connectivity index (χ4v) is 5.03. The van der Waals surface area contributed by atoms with Crippen LogP contribution in [0.5, 0.6) is 5.75 Å². The summed E-state index contributed by atoms with van der Waals surface area (Å²) >= 11 is 6.05. The van der Waals surface area contributed by atoms with E-state index in [4.69, 9.17) is 22.1 Å². The second kappa shape index (κ2) is 12.1. The van der Waals surface area contributed by atoms with E-state index in [1.54, 1.807) is 46.2 Å². The maximum absolute atomic E-state index is 13.8. The van der Waals surface area contributed by atoms with Crippen LogP contribution in [0, 0.1) is 0 Å². The van der Waals surface area contributed by atoms with Gasteiger partial charge in [-0.25, -0.2) is 0 Å². The smallest absolute Gasteiger partial charge is 0.258 e. The Bertz CT molecular complexity index is 1290. The first-order chi connectivity index (χ1) is 18.3. The number of amides is 3. The molecule has 0 fully saturated rings. The van der Waals surface area contributed by atoms with Gasteiger partial charge in [0.1, 0.15) is 5.75 Å². The Morgan fingerprint density at radius 1 is 1.03 bits per heavy atom. The van der Waals surface area contributed by atoms with Gasteiger partial charge in [0, 0.05) is 41.0 Å². The molecule has 2 N–H and O–H groups in total. The summed E-state index contributed by atoms with van der Waals surface area (Å²) < 4.78 is 5.65. The van der Waals surface area contributed by atoms with Crippen molar-refractivity contribution in [3.63, 3.8) is 0 Å². The Balaban J connectivity index is 1.55. The third-order valence-electron chi connectivity index (χ3n) is 6.76. The monoisotopic (exact) mass is 533 g/mol. The standard InChI is InChI=1S/C30H32ClN3O4/c1-3-33(23-14-12-22(31)13-15-23)30(37)26-19-20(2)34(27-8-5-4-7-25(26)27)29(36)21-10-16-24(17-11-21)38-18-6-9-28(32)35/h4-5,7-8,10-17,20,26H,3,6,9,18-19H2,1-2H3,(H2,32,35)/t20-,26+/m0/s1. The van der Waals surface area contributed by atoms with E-state index in [0.717, 1.165) is 16.9 Å². The van der Waals surface area contributed by atoms with Crippen molar-refractivity contribution in [1.29, 1.82) is 0 Å². The molecule has 0 bridgehead atoms. The number of carbonyl (C=O) groups is 3. The zero-order chi connectivity index (χ0) is 27.2. The Kier molecular flexibility index (Phi) is 8.69. The van der Waals surface area contributed by atoms with Crippen LogP contribution in [0.2, 0.25) is 5.02 Å². The van der Waals surface area contributed by atoms with E-state index < -0.39 is 0 Å². The first kappa shape index (κ1) is 27.2. The number of ether oxygens (including phenoxy) is 1. The molecule has 3 amide bonds. The van der Waals surface area contributed by atoms with E-state index in [1.165, 1.54) is 0 Å². The molecule has 0 aromatic heterocycles. The van der Waals surface area contributed by atoms with Gasteiger partial charge >= 0.3 is 0 Å². The number of para-hydroxylation sites is 1. The van der Waals surface area contributed by atoms with Crippen molar-refractivity contribution in [1.82, 2.24) is 0 Å². The highest BCUT2D eigenvalue weighted by Gasteiger charge is 2.38. The second-order valence-corrected chi connectivity index (χ2v) is 9.81. The molecule has 0 saturated carbocycles. The van der Waals surface area contributed by atoms with Crippen LogP contribution in [0.15, 0.2) is 72.8 Å². The van der Waals surface area contributed by atoms with Crippen molar-refractivity contribution in [2.24, 2.45) is 5.73 Å². The van der Waals surface area contributed by atoms with Crippen LogP contribution in [0.25, 0.3) is 0 Å². The predicted molar refractivity (Wildman–Crippen MR) is 150 cm³/mol. The summed E-state index contributed by atoms with van der Waals surface area (Å²) in [6.07, 6.45) is 1.31. The highest BCUT2D eigenvalue weighted by atomic mass is 35.5. The summed E-state index contributed by atoms with van der Waals surface area (Å²) in [7, 11) is 0. The van der Waals surface area contributed by atoms with Crippen LogP contribution < -0.4 is 20.3 Å². The normalized spacial score (nSPS) is 16.4. The van der Waals surface area contributed by atoms with Crippen molar-refractivity contribution < 1.29 is 19.1 Å². The minimum atomic E-state index is -0.378. The van der Waals surface area contributed by atoms with Gasteiger partial charge in [0.05, 0.1) is 12.5 Å². The number of benzene rings is 3. The van der Waals surface area contributed by atoms with Gasteiger partial charge in [0.25, 0.3) is 5.91 Å². The van der Waals surface area contributed by atoms with Gasteiger partial charge < -0.3 is 20.3 Å². The molecule has 1 heterocycles. The Morgan fingerprint density at radius 3 is 2.37 bits per heavy atom. The van der Waals surface area contributed by atoms with Gasteiger partial charge in [-0.3, -0.25) is 14.4 Å². The highest BCUT2D eigenvalue weighted by molar-refractivity contribution is 6.30. The number of rotatable bonds is 9. The Hall–Kier alpha value is -3.84. The lowest BCUT2D eigenvalue weighted by Gasteiger charge is -2.40. The van der Waals surface area contributed by atoms with Crippen LogP contribution in [0.3, 0.4) is 0 Å². The third kappa shape index (κ3) is 6.00. The van der Waals surface area contributed by atoms with Gasteiger partial charge in [-0.05, 0) is 86.8 Å². The number of carbonyl (C=O) groups excluding carboxylic acids is 3. The largest absolute Gasteiger partial charge is 0.494 e. The molecule has 1 aliphatic heterocycles. The molecular formula is C30H32ClN3O4. The molecule has 8 heteroatoms. The zero-order valence-corrected chi connectivity index (χ0v) is 22.4. The Labute approximate surface area is 228 Å². The minimum absolute atomic E-state index is 0.000872. The number of nitrogens with two attached hydrogens (primary N) is 1. The maximum Gasteiger partial charge on any atom is 0.258 e. The van der Waals surface area contributed by atoms with E-state index >= 15 is 0 Å². The summed E-state index contributed by atoms with van der Waals surface area (Å²) in [6, 6.07) is 21.6. The molecule has 198 valence electrons. The van der Waals surface area contributed by atoms with Crippen molar-refractivity contribution in [2.45, 2.75) is 45.1 Å². The van der Waals surface area contributed by atoms with Crippen LogP contribution in [-0.2, 0) is 9.59 Å². The summed E-state index contributed by atoms with van der Waals surface area (Å²) in [5.74, 6) is -0.260. The van der Waals surface area contributed by atoms with Gasteiger partial charge in [0.2, 0.25) is 11.8 Å². The quantitative estimate of drug-likeness (QED) is 0.364. The third-order valence-corrected chi connectivity index (χ3v) is 7.02. The molecule has 0 aliphatic carbocycles. The van der Waals surface area contributed by atoms with E-state index in [9.17, 15) is 14.4 Å². The number of nitrogens with zero attached hydrogens (tertiary/aromatic N) is 2. The lowest BCUT2D eigenvalue weighted by Crippen LogP contribution is -2.46. The number of hydrogen-bond donors (Lipinski definition) is 1. The molecule has 0 spiro atoms. The first-order valence-electron chi connectivity index (χ1n) is 12.8. The predicted octanol–water partition coefficient (Wildman–Crippen LogP) is 5.56. The van der Waals surface area contributed by atoms with Crippen molar-refractivity contribution >= 4 is 40.7 Å². The molecular weight excluding hydrogens is 502 g/mol. The van der Waals surface area contributed by atoms with Crippen molar-refractivity contribution in [3.8, 4) is 5.75 Å². The van der Waals surface area contributed by atoms with Crippen molar-refractivity contribution in [2.75, 3.05) is 23.0 Å². The van der Waals surface area contributed by atoms with E-state index in [-0.39, 0.29) is 36.1 Å². The fraction of sp³-hybridized carbons (Fsp3) is 0.300. The molecule has 2 atom stereocenters. The number of halogens is 1. The molecule has 0 radical (unpaired) electrons. The molecule has 38 heavy (non-hydrogen) atoms. The summed E-state index contributed by atoms with van der Waals surface area (Å²) in [5.41, 5.74) is 8.06. The second-order valence-electron chi connectivity index (χ2n) is 9.37. The average molecular weight is 534 g/mol. The number of anilines is 2. The summed E-state index contributed by atoms with van der Waals surface area (Å²) in [5, 5.41) is 0.616. The molecule has 1 aliphatic rings. The summed E-state index contributed by atoms with van der Waals surface area (Å²) in [6.45, 7) is 4.81. The topological polar surface area (TPSA) is 92.9 Å². The molecule has 3 aromatic carbocycles. The van der Waals surface area contributed by atoms with Crippen molar-refractivity contribution in [3.05, 3.63) is 88.9 Å². The lowest BCUT2D eigenvalue weighted by molar-refractivity contribution is -0.120. The molecule has 4 rings (SSSR count). The molecule has 0 saturated heterocycles. The molecule has 7 nitrogen and oxygen atoms in total. The van der Waals surface area contributed by atoms with Gasteiger partial charge in [-0.15, -0.1) is 0 Å². The fourth-order valence-electron chi connectivity index (χ4n) is 4.90. The van der Waals surface area contributed by atoms with Crippen LogP contribution >= 0.6 is 11.6 Å². The van der Waals surface area contributed by atoms with E-state index in [2.05, 4.69) is 0 Å². The summed E-state index contributed by atoms with van der Waals surface area (Å²) in [4.78, 5) is 41.9. The van der Waals surface area contributed by atoms with Crippen LogP contribution in [-0.4, -0.2) is 36.9 Å². The van der Waals surface area contributed by atoms with Crippen LogP contribution in [0.4, 0.5) is 11.4 Å².